The summed E-state index contributed by atoms with van der Waals surface area (Å²) in [5.41, 5.74) is 6.51. The lowest BCUT2D eigenvalue weighted by atomic mass is 9.73. The van der Waals surface area contributed by atoms with E-state index >= 15 is 0 Å². The quantitative estimate of drug-likeness (QED) is 0.152. The van der Waals surface area contributed by atoms with Crippen molar-refractivity contribution in [2.45, 2.75) is 47.5 Å². The number of para-hydroxylation sites is 1. The molecule has 49 heavy (non-hydrogen) atoms. The van der Waals surface area contributed by atoms with Gasteiger partial charge in [0.1, 0.15) is 23.0 Å². The second-order valence-electron chi connectivity index (χ2n) is 15.0. The summed E-state index contributed by atoms with van der Waals surface area (Å²) in [5.74, 6) is 0.790. The number of aromatic nitrogens is 1. The normalized spacial score (nSPS) is 12.6. The van der Waals surface area contributed by atoms with Crippen LogP contribution in [0.15, 0.2) is 109 Å². The predicted octanol–water partition coefficient (Wildman–Crippen LogP) is 11.1. The topological polar surface area (TPSA) is 91.7 Å². The molecule has 0 unspecified atom stereocenters. The first-order valence-corrected chi connectivity index (χ1v) is 16.6. The Bertz CT molecular complexity index is 2210. The monoisotopic (exact) mass is 648 g/mol. The molecule has 1 heterocycles. The molecule has 6 nitrogen and oxygen atoms in total. The molecule has 6 heteroatoms. The van der Waals surface area contributed by atoms with Gasteiger partial charge in [0, 0.05) is 46.1 Å². The zero-order chi connectivity index (χ0) is 34.5. The van der Waals surface area contributed by atoms with Crippen LogP contribution in [0.4, 0.5) is 11.4 Å². The van der Waals surface area contributed by atoms with Crippen LogP contribution in [-0.2, 0) is 6.42 Å². The van der Waals surface area contributed by atoms with Crippen LogP contribution in [0.3, 0.4) is 0 Å². The summed E-state index contributed by atoms with van der Waals surface area (Å²) in [4.78, 5) is 19.3. The minimum Gasteiger partial charge on any atom is -0.508 e. The van der Waals surface area contributed by atoms with Gasteiger partial charge < -0.3 is 20.3 Å². The number of rotatable bonds is 8. The number of carbonyl (C=O) groups excluding carboxylic acids is 1. The molecule has 6 aromatic rings. The average Bonchev–Trinajstić information content (AvgIpc) is 3.04. The van der Waals surface area contributed by atoms with Crippen LogP contribution in [0.25, 0.3) is 33.2 Å². The molecule has 0 atom stereocenters. The van der Waals surface area contributed by atoms with Gasteiger partial charge >= 0.3 is 0 Å². The number of fused-ring (bicyclic) bond motifs is 2. The van der Waals surface area contributed by atoms with Gasteiger partial charge in [0.25, 0.3) is 0 Å². The number of phenols is 2. The van der Waals surface area contributed by atoms with E-state index in [2.05, 4.69) is 52.1 Å². The molecular weight excluding hydrogens is 608 g/mol. The number of pyridine rings is 1. The highest BCUT2D eigenvalue weighted by atomic mass is 16.5. The molecule has 0 saturated heterocycles. The molecule has 246 valence electrons. The molecule has 1 aromatic heterocycles. The maximum Gasteiger partial charge on any atom is 0.196 e. The Balaban J connectivity index is 1.43. The number of aromatic hydroxyl groups is 2. The number of nitrogens with zero attached hydrogens (tertiary/aromatic N) is 1. The molecule has 1 aliphatic rings. The highest BCUT2D eigenvalue weighted by molar-refractivity contribution is 6.30. The standard InChI is InChI=1S/C43H40N2O4/c1-42(2,3)25-43(4,5)23-26-15-18-29(19-16-26)49-36-22-34(45-27-11-7-6-8-12-27)38-37-33(30-13-9-10-14-31(30)41(38)48)24-44-40(39(36)37)32-20-17-28(46)21-35(32)47/h6-22,24,45-47H,23,25H2,1-5H3. The van der Waals surface area contributed by atoms with Gasteiger partial charge in [0.15, 0.2) is 5.78 Å². The summed E-state index contributed by atoms with van der Waals surface area (Å²) in [6.07, 6.45) is 3.78. The molecule has 0 aliphatic heterocycles. The third-order valence-corrected chi connectivity index (χ3v) is 8.94. The predicted molar refractivity (Wildman–Crippen MR) is 197 cm³/mol. The van der Waals surface area contributed by atoms with Crippen LogP contribution in [-0.4, -0.2) is 21.0 Å². The van der Waals surface area contributed by atoms with Gasteiger partial charge in [-0.15, -0.1) is 0 Å². The van der Waals surface area contributed by atoms with Gasteiger partial charge in [-0.1, -0.05) is 89.2 Å². The van der Waals surface area contributed by atoms with E-state index < -0.39 is 0 Å². The maximum atomic E-state index is 14.4. The molecule has 7 rings (SSSR count). The maximum absolute atomic E-state index is 14.4. The number of nitrogens with one attached hydrogen (secondary N) is 1. The number of carbonyl (C=O) groups is 1. The summed E-state index contributed by atoms with van der Waals surface area (Å²) in [5, 5.41) is 25.9. The molecule has 3 N–H and O–H groups in total. The van der Waals surface area contributed by atoms with Crippen LogP contribution >= 0.6 is 0 Å². The molecular formula is C43H40N2O4. The minimum atomic E-state index is -0.133. The summed E-state index contributed by atoms with van der Waals surface area (Å²) in [7, 11) is 0. The van der Waals surface area contributed by atoms with E-state index in [1.807, 2.05) is 72.8 Å². The summed E-state index contributed by atoms with van der Waals surface area (Å²) in [6.45, 7) is 11.5. The molecule has 0 fully saturated rings. The van der Waals surface area contributed by atoms with Crippen molar-refractivity contribution in [2.24, 2.45) is 10.8 Å². The molecule has 1 aliphatic carbocycles. The van der Waals surface area contributed by atoms with Gasteiger partial charge in [0.2, 0.25) is 0 Å². The van der Waals surface area contributed by atoms with Crippen molar-refractivity contribution >= 4 is 27.9 Å². The second-order valence-corrected chi connectivity index (χ2v) is 15.0. The number of anilines is 2. The third kappa shape index (κ3) is 6.34. The lowest BCUT2D eigenvalue weighted by molar-refractivity contribution is 0.104. The van der Waals surface area contributed by atoms with E-state index in [4.69, 9.17) is 9.72 Å². The summed E-state index contributed by atoms with van der Waals surface area (Å²) >= 11 is 0. The Hall–Kier alpha value is -5.62. The van der Waals surface area contributed by atoms with E-state index in [0.29, 0.717) is 50.3 Å². The third-order valence-electron chi connectivity index (χ3n) is 8.94. The van der Waals surface area contributed by atoms with Gasteiger partial charge in [-0.2, -0.15) is 0 Å². The van der Waals surface area contributed by atoms with Crippen molar-refractivity contribution in [3.8, 4) is 45.4 Å². The van der Waals surface area contributed by atoms with Gasteiger partial charge in [-0.25, -0.2) is 0 Å². The van der Waals surface area contributed by atoms with Crippen LogP contribution in [0.1, 0.15) is 62.5 Å². The van der Waals surface area contributed by atoms with Gasteiger partial charge in [-0.05, 0) is 71.2 Å². The molecule has 5 aromatic carbocycles. The lowest BCUT2D eigenvalue weighted by Gasteiger charge is -2.32. The number of phenolic OH excluding ortho intramolecular Hbond substituents is 2. The van der Waals surface area contributed by atoms with Crippen LogP contribution in [0, 0.1) is 10.8 Å². The number of ketones is 1. The van der Waals surface area contributed by atoms with E-state index in [1.54, 1.807) is 12.3 Å². The van der Waals surface area contributed by atoms with Crippen LogP contribution < -0.4 is 10.1 Å². The van der Waals surface area contributed by atoms with Crippen molar-refractivity contribution in [3.05, 3.63) is 126 Å². The fraction of sp³-hybridized carbons (Fsp3) is 0.209. The van der Waals surface area contributed by atoms with Crippen LogP contribution in [0.2, 0.25) is 0 Å². The fourth-order valence-corrected chi connectivity index (χ4v) is 7.55. The Kier molecular flexibility index (Phi) is 7.90. The first-order chi connectivity index (χ1) is 23.4. The number of ether oxygens (including phenoxy) is 1. The minimum absolute atomic E-state index is 0.0651. The van der Waals surface area contributed by atoms with E-state index in [-0.39, 0.29) is 28.1 Å². The Labute approximate surface area is 287 Å². The number of hydrogen-bond donors (Lipinski definition) is 3. The highest BCUT2D eigenvalue weighted by Gasteiger charge is 2.32. The van der Waals surface area contributed by atoms with E-state index in [0.717, 1.165) is 29.7 Å². The van der Waals surface area contributed by atoms with Gasteiger partial charge in [-0.3, -0.25) is 9.78 Å². The van der Waals surface area contributed by atoms with E-state index in [1.165, 1.54) is 17.7 Å². The molecule has 0 amide bonds. The van der Waals surface area contributed by atoms with Crippen molar-refractivity contribution in [3.63, 3.8) is 0 Å². The van der Waals surface area contributed by atoms with Crippen molar-refractivity contribution in [1.82, 2.24) is 4.98 Å². The first kappa shape index (κ1) is 32.0. The largest absolute Gasteiger partial charge is 0.508 e. The zero-order valence-corrected chi connectivity index (χ0v) is 28.5. The van der Waals surface area contributed by atoms with Crippen LogP contribution in [0.5, 0.6) is 23.0 Å². The summed E-state index contributed by atoms with van der Waals surface area (Å²) in [6, 6.07) is 31.7. The molecule has 0 radical (unpaired) electrons. The number of hydrogen-bond acceptors (Lipinski definition) is 6. The zero-order valence-electron chi connectivity index (χ0n) is 28.5. The molecule has 0 bridgehead atoms. The molecule has 0 spiro atoms. The van der Waals surface area contributed by atoms with Crippen molar-refractivity contribution < 1.29 is 19.7 Å². The Morgan fingerprint density at radius 3 is 2.12 bits per heavy atom. The fourth-order valence-electron chi connectivity index (χ4n) is 7.55. The smallest absolute Gasteiger partial charge is 0.196 e. The second kappa shape index (κ2) is 12.1. The Morgan fingerprint density at radius 2 is 1.43 bits per heavy atom. The molecule has 0 saturated carbocycles. The summed E-state index contributed by atoms with van der Waals surface area (Å²) < 4.78 is 6.74. The number of benzene rings is 5. The SMILES string of the molecule is CC(C)(C)CC(C)(C)Cc1ccc(Oc2cc(Nc3ccccc3)c3c4c(cnc(-c5ccc(O)cc5O)c24)-c2ccccc2C3=O)cc1. The van der Waals surface area contributed by atoms with Crippen molar-refractivity contribution in [2.75, 3.05) is 5.32 Å². The highest BCUT2D eigenvalue weighted by Crippen LogP contribution is 2.50. The average molecular weight is 649 g/mol. The van der Waals surface area contributed by atoms with E-state index in [9.17, 15) is 15.0 Å². The lowest BCUT2D eigenvalue weighted by Crippen LogP contribution is -2.22. The Morgan fingerprint density at radius 1 is 0.735 bits per heavy atom. The van der Waals surface area contributed by atoms with Crippen molar-refractivity contribution in [1.29, 1.82) is 0 Å². The van der Waals surface area contributed by atoms with Gasteiger partial charge in [0.05, 0.1) is 22.3 Å². The first-order valence-electron chi connectivity index (χ1n) is 16.6.